The van der Waals surface area contributed by atoms with Crippen LogP contribution in [-0.2, 0) is 6.54 Å². The SMILES string of the molecule is Cc1cccc(C(CN)N(C)Cc2cscn2)c1C. The van der Waals surface area contributed by atoms with E-state index in [1.54, 1.807) is 11.3 Å². The molecule has 1 aromatic carbocycles. The molecule has 0 spiro atoms. The molecule has 0 saturated carbocycles. The Morgan fingerprint density at radius 1 is 1.37 bits per heavy atom. The minimum atomic E-state index is 0.238. The van der Waals surface area contributed by atoms with Crippen molar-refractivity contribution >= 4 is 11.3 Å². The lowest BCUT2D eigenvalue weighted by molar-refractivity contribution is 0.238. The predicted octanol–water partition coefficient (Wildman–Crippen LogP) is 2.89. The normalized spacial score (nSPS) is 12.9. The van der Waals surface area contributed by atoms with E-state index in [2.05, 4.69) is 54.4 Å². The van der Waals surface area contributed by atoms with Crippen LogP contribution in [0.5, 0.6) is 0 Å². The number of hydrogen-bond donors (Lipinski definition) is 1. The van der Waals surface area contributed by atoms with Crippen molar-refractivity contribution in [2.45, 2.75) is 26.4 Å². The van der Waals surface area contributed by atoms with Crippen molar-refractivity contribution in [2.24, 2.45) is 5.73 Å². The Labute approximate surface area is 119 Å². The van der Waals surface area contributed by atoms with E-state index < -0.39 is 0 Å². The fourth-order valence-corrected chi connectivity index (χ4v) is 2.91. The Kier molecular flexibility index (Phi) is 4.69. The quantitative estimate of drug-likeness (QED) is 0.912. The summed E-state index contributed by atoms with van der Waals surface area (Å²) in [4.78, 5) is 6.62. The van der Waals surface area contributed by atoms with Crippen LogP contribution < -0.4 is 5.73 Å². The molecular formula is C15H21N3S. The van der Waals surface area contributed by atoms with Gasteiger partial charge in [0.05, 0.1) is 11.2 Å². The van der Waals surface area contributed by atoms with E-state index in [4.69, 9.17) is 5.73 Å². The maximum atomic E-state index is 5.99. The molecule has 2 aromatic rings. The van der Waals surface area contributed by atoms with Crippen LogP contribution >= 0.6 is 11.3 Å². The van der Waals surface area contributed by atoms with Crippen molar-refractivity contribution in [3.05, 3.63) is 51.5 Å². The third-order valence-electron chi connectivity index (χ3n) is 3.66. The maximum absolute atomic E-state index is 5.99. The van der Waals surface area contributed by atoms with Gasteiger partial charge < -0.3 is 5.73 Å². The molecule has 0 amide bonds. The summed E-state index contributed by atoms with van der Waals surface area (Å²) >= 11 is 1.63. The van der Waals surface area contributed by atoms with Gasteiger partial charge in [-0.05, 0) is 37.6 Å². The van der Waals surface area contributed by atoms with Crippen LogP contribution in [0.4, 0.5) is 0 Å². The molecule has 0 aliphatic carbocycles. The van der Waals surface area contributed by atoms with Crippen LogP contribution in [0.25, 0.3) is 0 Å². The average molecular weight is 275 g/mol. The maximum Gasteiger partial charge on any atom is 0.0795 e. The number of benzene rings is 1. The van der Waals surface area contributed by atoms with Gasteiger partial charge in [-0.1, -0.05) is 18.2 Å². The minimum Gasteiger partial charge on any atom is -0.329 e. The fourth-order valence-electron chi connectivity index (χ4n) is 2.36. The third kappa shape index (κ3) is 3.21. The highest BCUT2D eigenvalue weighted by atomic mass is 32.1. The molecule has 0 aliphatic heterocycles. The lowest BCUT2D eigenvalue weighted by atomic mass is 9.96. The van der Waals surface area contributed by atoms with Gasteiger partial charge in [0.1, 0.15) is 0 Å². The number of hydrogen-bond acceptors (Lipinski definition) is 4. The zero-order valence-electron chi connectivity index (χ0n) is 11.8. The van der Waals surface area contributed by atoms with Gasteiger partial charge in [-0.25, -0.2) is 4.98 Å². The first kappa shape index (κ1) is 14.2. The van der Waals surface area contributed by atoms with Crippen LogP contribution in [0.3, 0.4) is 0 Å². The van der Waals surface area contributed by atoms with Gasteiger partial charge in [0.2, 0.25) is 0 Å². The van der Waals surface area contributed by atoms with E-state index in [0.29, 0.717) is 6.54 Å². The molecule has 0 fully saturated rings. The van der Waals surface area contributed by atoms with Gasteiger partial charge in [-0.15, -0.1) is 11.3 Å². The van der Waals surface area contributed by atoms with Crippen molar-refractivity contribution in [1.29, 1.82) is 0 Å². The molecule has 1 atom stereocenters. The number of nitrogens with two attached hydrogens (primary N) is 1. The van der Waals surface area contributed by atoms with E-state index >= 15 is 0 Å². The fraction of sp³-hybridized carbons (Fsp3) is 0.400. The van der Waals surface area contributed by atoms with Crippen molar-refractivity contribution in [2.75, 3.05) is 13.6 Å². The molecule has 0 bridgehead atoms. The Bertz CT molecular complexity index is 522. The van der Waals surface area contributed by atoms with Gasteiger partial charge in [-0.3, -0.25) is 4.90 Å². The highest BCUT2D eigenvalue weighted by Crippen LogP contribution is 2.25. The standard InChI is InChI=1S/C15H21N3S/c1-11-5-4-6-14(12(11)2)15(7-16)18(3)8-13-9-19-10-17-13/h4-6,9-10,15H,7-8,16H2,1-3H3. The van der Waals surface area contributed by atoms with Crippen LogP contribution in [-0.4, -0.2) is 23.5 Å². The first-order valence-corrected chi connectivity index (χ1v) is 7.41. The third-order valence-corrected chi connectivity index (χ3v) is 4.29. The summed E-state index contributed by atoms with van der Waals surface area (Å²) in [7, 11) is 2.11. The summed E-state index contributed by atoms with van der Waals surface area (Å²) < 4.78 is 0. The van der Waals surface area contributed by atoms with Gasteiger partial charge >= 0.3 is 0 Å². The molecule has 1 aromatic heterocycles. The number of nitrogens with zero attached hydrogens (tertiary/aromatic N) is 2. The first-order valence-electron chi connectivity index (χ1n) is 6.47. The van der Waals surface area contributed by atoms with E-state index in [-0.39, 0.29) is 6.04 Å². The van der Waals surface area contributed by atoms with Crippen molar-refractivity contribution in [3.63, 3.8) is 0 Å². The van der Waals surface area contributed by atoms with Gasteiger partial charge in [-0.2, -0.15) is 0 Å². The summed E-state index contributed by atoms with van der Waals surface area (Å²) in [5, 5.41) is 2.09. The largest absolute Gasteiger partial charge is 0.329 e. The number of likely N-dealkylation sites (N-methyl/N-ethyl adjacent to an activating group) is 1. The van der Waals surface area contributed by atoms with Crippen LogP contribution in [0.15, 0.2) is 29.1 Å². The molecule has 0 aliphatic rings. The molecule has 2 N–H and O–H groups in total. The topological polar surface area (TPSA) is 42.1 Å². The molecule has 3 nitrogen and oxygen atoms in total. The van der Waals surface area contributed by atoms with E-state index in [1.807, 2.05) is 5.51 Å². The second kappa shape index (κ2) is 6.28. The second-order valence-electron chi connectivity index (χ2n) is 4.94. The predicted molar refractivity (Wildman–Crippen MR) is 81.3 cm³/mol. The Balaban J connectivity index is 2.21. The second-order valence-corrected chi connectivity index (χ2v) is 5.65. The van der Waals surface area contributed by atoms with Crippen molar-refractivity contribution < 1.29 is 0 Å². The molecular weight excluding hydrogens is 254 g/mol. The summed E-state index contributed by atoms with van der Waals surface area (Å²) in [6.45, 7) is 5.76. The number of aromatic nitrogens is 1. The van der Waals surface area contributed by atoms with E-state index in [9.17, 15) is 0 Å². The molecule has 1 unspecified atom stereocenters. The first-order chi connectivity index (χ1) is 9.13. The number of rotatable bonds is 5. The molecule has 2 rings (SSSR count). The molecule has 0 radical (unpaired) electrons. The highest BCUT2D eigenvalue weighted by Gasteiger charge is 2.18. The molecule has 4 heteroatoms. The van der Waals surface area contributed by atoms with Crippen LogP contribution in [0.1, 0.15) is 28.4 Å². The van der Waals surface area contributed by atoms with Crippen molar-refractivity contribution in [1.82, 2.24) is 9.88 Å². The molecule has 1 heterocycles. The smallest absolute Gasteiger partial charge is 0.0795 e. The number of aryl methyl sites for hydroxylation is 1. The Morgan fingerprint density at radius 3 is 2.79 bits per heavy atom. The lowest BCUT2D eigenvalue weighted by Crippen LogP contribution is -2.31. The molecule has 0 saturated heterocycles. The summed E-state index contributed by atoms with van der Waals surface area (Å²) in [6.07, 6.45) is 0. The van der Waals surface area contributed by atoms with E-state index in [1.165, 1.54) is 16.7 Å². The zero-order chi connectivity index (χ0) is 13.8. The minimum absolute atomic E-state index is 0.238. The Morgan fingerprint density at radius 2 is 2.16 bits per heavy atom. The van der Waals surface area contributed by atoms with Gasteiger partial charge in [0, 0.05) is 24.5 Å². The van der Waals surface area contributed by atoms with Crippen LogP contribution in [0, 0.1) is 13.8 Å². The monoisotopic (exact) mass is 275 g/mol. The summed E-state index contributed by atoms with van der Waals surface area (Å²) in [5.74, 6) is 0. The highest BCUT2D eigenvalue weighted by molar-refractivity contribution is 7.07. The summed E-state index contributed by atoms with van der Waals surface area (Å²) in [5.41, 5.74) is 12.9. The molecule has 102 valence electrons. The number of thiazole rings is 1. The lowest BCUT2D eigenvalue weighted by Gasteiger charge is -2.28. The average Bonchev–Trinajstić information content (AvgIpc) is 2.88. The zero-order valence-corrected chi connectivity index (χ0v) is 12.6. The van der Waals surface area contributed by atoms with Crippen molar-refractivity contribution in [3.8, 4) is 0 Å². The van der Waals surface area contributed by atoms with Gasteiger partial charge in [0.15, 0.2) is 0 Å². The van der Waals surface area contributed by atoms with E-state index in [0.717, 1.165) is 12.2 Å². The molecule has 19 heavy (non-hydrogen) atoms. The van der Waals surface area contributed by atoms with Crippen LogP contribution in [0.2, 0.25) is 0 Å². The Hall–Kier alpha value is -1.23. The summed E-state index contributed by atoms with van der Waals surface area (Å²) in [6, 6.07) is 6.67. The van der Waals surface area contributed by atoms with Gasteiger partial charge in [0.25, 0.3) is 0 Å².